The van der Waals surface area contributed by atoms with E-state index in [9.17, 15) is 5.21 Å². The molecule has 2 N–H and O–H groups in total. The van der Waals surface area contributed by atoms with Crippen LogP contribution in [0.25, 0.3) is 10.9 Å². The number of anilines is 1. The van der Waals surface area contributed by atoms with E-state index in [1.54, 1.807) is 0 Å². The molecule has 1 aromatic heterocycles. The summed E-state index contributed by atoms with van der Waals surface area (Å²) in [6.07, 6.45) is 0. The maximum atomic E-state index is 12.3. The maximum absolute atomic E-state index is 12.3. The van der Waals surface area contributed by atoms with Gasteiger partial charge in [0.25, 0.3) is 0 Å². The van der Waals surface area contributed by atoms with Gasteiger partial charge in [-0.1, -0.05) is 24.3 Å². The molecular weight excluding hydrogens is 282 g/mol. The van der Waals surface area contributed by atoms with Crippen molar-refractivity contribution in [2.45, 2.75) is 17.6 Å². The fourth-order valence-corrected chi connectivity index (χ4v) is 3.09. The van der Waals surface area contributed by atoms with E-state index in [0.29, 0.717) is 17.3 Å². The zero-order valence-electron chi connectivity index (χ0n) is 11.6. The highest BCUT2D eigenvalue weighted by molar-refractivity contribution is 7.98. The first kappa shape index (κ1) is 13.7. The molecule has 0 fully saturated rings. The number of hydrogen-bond donors (Lipinski definition) is 1. The average Bonchev–Trinajstić information content (AvgIpc) is 2.51. The van der Waals surface area contributed by atoms with Crippen molar-refractivity contribution in [2.24, 2.45) is 0 Å². The summed E-state index contributed by atoms with van der Waals surface area (Å²) >= 11 is 1.52. The number of nitrogen functional groups attached to an aromatic ring is 1. The first-order valence-electron chi connectivity index (χ1n) is 6.62. The zero-order chi connectivity index (χ0) is 14.8. The first-order chi connectivity index (χ1) is 10.2. The molecular formula is C16H15N3OS. The number of rotatable bonds is 3. The van der Waals surface area contributed by atoms with Gasteiger partial charge in [0, 0.05) is 10.6 Å². The van der Waals surface area contributed by atoms with Crippen LogP contribution in [-0.2, 0) is 5.75 Å². The van der Waals surface area contributed by atoms with Gasteiger partial charge in [-0.15, -0.1) is 11.8 Å². The predicted octanol–water partition coefficient (Wildman–Crippen LogP) is 3.05. The molecule has 106 valence electrons. The first-order valence-corrected chi connectivity index (χ1v) is 7.60. The van der Waals surface area contributed by atoms with Gasteiger partial charge in [0.2, 0.25) is 0 Å². The van der Waals surface area contributed by atoms with Crippen LogP contribution in [0.5, 0.6) is 0 Å². The molecule has 0 saturated carbocycles. The van der Waals surface area contributed by atoms with Crippen molar-refractivity contribution in [3.05, 3.63) is 65.3 Å². The number of aryl methyl sites for hydroxylation is 1. The van der Waals surface area contributed by atoms with Crippen LogP contribution < -0.4 is 10.5 Å². The highest BCUT2D eigenvalue weighted by Gasteiger charge is 2.15. The van der Waals surface area contributed by atoms with Crippen molar-refractivity contribution in [3.8, 4) is 0 Å². The molecule has 0 bridgehead atoms. The molecule has 0 aliphatic rings. The number of benzene rings is 2. The summed E-state index contributed by atoms with van der Waals surface area (Å²) in [7, 11) is 0. The monoisotopic (exact) mass is 297 g/mol. The van der Waals surface area contributed by atoms with E-state index >= 15 is 0 Å². The van der Waals surface area contributed by atoms with Gasteiger partial charge in [-0.2, -0.15) is 0 Å². The lowest BCUT2D eigenvalue weighted by Crippen LogP contribution is -2.36. The fraction of sp³-hybridized carbons (Fsp3) is 0.125. The molecule has 4 nitrogen and oxygen atoms in total. The van der Waals surface area contributed by atoms with Crippen LogP contribution in [0, 0.1) is 12.1 Å². The minimum Gasteiger partial charge on any atom is -0.711 e. The Morgan fingerprint density at radius 3 is 2.67 bits per heavy atom. The van der Waals surface area contributed by atoms with Gasteiger partial charge in [-0.05, 0) is 36.2 Å². The molecule has 0 atom stereocenters. The van der Waals surface area contributed by atoms with Crippen molar-refractivity contribution in [1.82, 2.24) is 4.98 Å². The summed E-state index contributed by atoms with van der Waals surface area (Å²) in [5, 5.41) is 13.2. The van der Waals surface area contributed by atoms with Gasteiger partial charge in [-0.3, -0.25) is 0 Å². The van der Waals surface area contributed by atoms with E-state index in [-0.39, 0.29) is 0 Å². The van der Waals surface area contributed by atoms with Gasteiger partial charge in [0.15, 0.2) is 5.52 Å². The molecule has 5 heteroatoms. The Balaban J connectivity index is 1.94. The number of thioether (sulfide) groups is 1. The summed E-state index contributed by atoms with van der Waals surface area (Å²) in [5.74, 6) is 0.989. The van der Waals surface area contributed by atoms with Crippen molar-refractivity contribution in [3.63, 3.8) is 0 Å². The lowest BCUT2D eigenvalue weighted by molar-refractivity contribution is -0.621. The Labute approximate surface area is 127 Å². The Bertz CT molecular complexity index is 805. The molecule has 0 aliphatic carbocycles. The van der Waals surface area contributed by atoms with Crippen LogP contribution in [0.3, 0.4) is 0 Å². The third kappa shape index (κ3) is 2.64. The third-order valence-electron chi connectivity index (χ3n) is 3.36. The topological polar surface area (TPSA) is 65.8 Å². The molecule has 0 amide bonds. The third-order valence-corrected chi connectivity index (χ3v) is 4.44. The Morgan fingerprint density at radius 1 is 1.14 bits per heavy atom. The van der Waals surface area contributed by atoms with Gasteiger partial charge in [0.1, 0.15) is 11.4 Å². The molecule has 1 heterocycles. The van der Waals surface area contributed by atoms with E-state index < -0.39 is 0 Å². The van der Waals surface area contributed by atoms with Gasteiger partial charge in [0.05, 0.1) is 5.39 Å². The molecule has 21 heavy (non-hydrogen) atoms. The molecule has 0 spiro atoms. The number of fused-ring (bicyclic) bond motifs is 1. The minimum absolute atomic E-state index is 0.489. The Morgan fingerprint density at radius 2 is 1.86 bits per heavy atom. The highest BCUT2D eigenvalue weighted by Crippen LogP contribution is 2.27. The molecule has 3 aromatic rings. The fourth-order valence-electron chi connectivity index (χ4n) is 2.21. The van der Waals surface area contributed by atoms with Crippen LogP contribution in [0.2, 0.25) is 0 Å². The van der Waals surface area contributed by atoms with Crippen molar-refractivity contribution < 1.29 is 4.73 Å². The van der Waals surface area contributed by atoms with Crippen LogP contribution in [0.15, 0.2) is 53.4 Å². The molecule has 3 rings (SSSR count). The quantitative estimate of drug-likeness (QED) is 0.349. The summed E-state index contributed by atoms with van der Waals surface area (Å²) in [5.41, 5.74) is 8.16. The second-order valence-electron chi connectivity index (χ2n) is 4.75. The normalized spacial score (nSPS) is 10.9. The zero-order valence-corrected chi connectivity index (χ0v) is 12.4. The summed E-state index contributed by atoms with van der Waals surface area (Å²) < 4.78 is 0.911. The standard InChI is InChI=1S/C16H15N3OS/c1-11-12-6-2-4-8-14(12)18-16(19(11)20)10-21-15-9-5-3-7-13(15)17/h2-9H,10,17H2,1H3. The Hall–Kier alpha value is -2.27. The molecule has 0 radical (unpaired) electrons. The second-order valence-corrected chi connectivity index (χ2v) is 5.77. The van der Waals surface area contributed by atoms with Crippen molar-refractivity contribution in [1.29, 1.82) is 0 Å². The van der Waals surface area contributed by atoms with Crippen molar-refractivity contribution >= 4 is 28.4 Å². The van der Waals surface area contributed by atoms with Crippen LogP contribution in [-0.4, -0.2) is 4.98 Å². The van der Waals surface area contributed by atoms with Crippen LogP contribution >= 0.6 is 11.8 Å². The molecule has 0 unspecified atom stereocenters. The molecule has 2 aromatic carbocycles. The van der Waals surface area contributed by atoms with E-state index in [2.05, 4.69) is 4.98 Å². The van der Waals surface area contributed by atoms with Crippen LogP contribution in [0.1, 0.15) is 11.5 Å². The number of hydrogen-bond acceptors (Lipinski definition) is 4. The minimum atomic E-state index is 0.489. The van der Waals surface area contributed by atoms with Gasteiger partial charge in [-0.25, -0.2) is 4.73 Å². The van der Waals surface area contributed by atoms with Crippen molar-refractivity contribution in [2.75, 3.05) is 5.73 Å². The number of para-hydroxylation sites is 2. The SMILES string of the molecule is Cc1c2ccccc2nc(CSc2ccccc2N)[n+]1[O-]. The summed E-state index contributed by atoms with van der Waals surface area (Å²) in [6, 6.07) is 15.3. The maximum Gasteiger partial charge on any atom is 0.312 e. The summed E-state index contributed by atoms with van der Waals surface area (Å²) in [4.78, 5) is 5.43. The van der Waals surface area contributed by atoms with E-state index in [0.717, 1.165) is 26.2 Å². The van der Waals surface area contributed by atoms with E-state index in [1.807, 2.05) is 55.5 Å². The lowest BCUT2D eigenvalue weighted by atomic mass is 10.2. The number of nitrogens with zero attached hydrogens (tertiary/aromatic N) is 2. The largest absolute Gasteiger partial charge is 0.711 e. The second kappa shape index (κ2) is 5.61. The average molecular weight is 297 g/mol. The van der Waals surface area contributed by atoms with E-state index in [1.165, 1.54) is 11.8 Å². The van der Waals surface area contributed by atoms with Gasteiger partial charge >= 0.3 is 5.82 Å². The smallest absolute Gasteiger partial charge is 0.312 e. The molecule has 0 aliphatic heterocycles. The Kier molecular flexibility index (Phi) is 3.66. The predicted molar refractivity (Wildman–Crippen MR) is 85.9 cm³/mol. The van der Waals surface area contributed by atoms with Gasteiger partial charge < -0.3 is 10.9 Å². The summed E-state index contributed by atoms with van der Waals surface area (Å²) in [6.45, 7) is 1.82. The number of aromatic nitrogens is 2. The molecule has 0 saturated heterocycles. The lowest BCUT2D eigenvalue weighted by Gasteiger charge is -2.11. The number of nitrogens with two attached hydrogens (primary N) is 1. The van der Waals surface area contributed by atoms with E-state index in [4.69, 9.17) is 5.73 Å². The highest BCUT2D eigenvalue weighted by atomic mass is 32.2. The van der Waals surface area contributed by atoms with Crippen LogP contribution in [0.4, 0.5) is 5.69 Å².